The number of nitrogens with zero attached hydrogens (tertiary/aromatic N) is 1. The minimum Gasteiger partial charge on any atom is -0.367 e. The van der Waals surface area contributed by atoms with E-state index in [0.717, 1.165) is 21.5 Å². The van der Waals surface area contributed by atoms with Gasteiger partial charge < -0.3 is 15.6 Å². The van der Waals surface area contributed by atoms with Gasteiger partial charge in [-0.15, -0.1) is 11.3 Å². The van der Waals surface area contributed by atoms with Gasteiger partial charge in [0, 0.05) is 6.54 Å². The molecule has 0 aliphatic rings. The average Bonchev–Trinajstić information content (AvgIpc) is 3.13. The van der Waals surface area contributed by atoms with Crippen molar-refractivity contribution in [2.24, 2.45) is 5.92 Å². The lowest BCUT2D eigenvalue weighted by atomic mass is 9.99. The number of carbonyl (C=O) groups is 1. The summed E-state index contributed by atoms with van der Waals surface area (Å²) in [7, 11) is 0. The number of hydrogen-bond donors (Lipinski definition) is 2. The van der Waals surface area contributed by atoms with Crippen LogP contribution in [0.1, 0.15) is 49.9 Å². The van der Waals surface area contributed by atoms with Gasteiger partial charge in [0.1, 0.15) is 11.3 Å². The van der Waals surface area contributed by atoms with Crippen molar-refractivity contribution < 1.29 is 9.32 Å². The first-order valence-corrected chi connectivity index (χ1v) is 9.46. The molecule has 1 amide bonds. The van der Waals surface area contributed by atoms with Crippen LogP contribution in [-0.2, 0) is 0 Å². The smallest absolute Gasteiger partial charge is 0.259 e. The summed E-state index contributed by atoms with van der Waals surface area (Å²) in [4.78, 5) is 13.4. The molecular formula is C16H22BrN3O2S. The topological polar surface area (TPSA) is 81.2 Å². The Kier molecular flexibility index (Phi) is 6.65. The van der Waals surface area contributed by atoms with Crippen molar-refractivity contribution in [3.63, 3.8) is 0 Å². The lowest BCUT2D eigenvalue weighted by Crippen LogP contribution is -2.29. The highest BCUT2D eigenvalue weighted by atomic mass is 79.9. The summed E-state index contributed by atoms with van der Waals surface area (Å²) in [5.74, 6) is 0.321. The number of halogens is 1. The van der Waals surface area contributed by atoms with Gasteiger partial charge in [0.25, 0.3) is 5.91 Å². The van der Waals surface area contributed by atoms with Crippen LogP contribution in [0.3, 0.4) is 0 Å². The van der Waals surface area contributed by atoms with Gasteiger partial charge in [-0.25, -0.2) is 0 Å². The number of nitrogens with two attached hydrogens (primary N) is 1. The van der Waals surface area contributed by atoms with E-state index in [1.807, 2.05) is 12.1 Å². The highest BCUT2D eigenvalue weighted by Gasteiger charge is 2.23. The van der Waals surface area contributed by atoms with Crippen LogP contribution in [0.25, 0.3) is 10.6 Å². The van der Waals surface area contributed by atoms with Crippen molar-refractivity contribution in [2.45, 2.75) is 39.5 Å². The Morgan fingerprint density at radius 3 is 2.87 bits per heavy atom. The molecule has 0 bridgehead atoms. The van der Waals surface area contributed by atoms with Crippen LogP contribution >= 0.6 is 27.3 Å². The molecule has 0 radical (unpaired) electrons. The maximum Gasteiger partial charge on any atom is 0.259 e. The summed E-state index contributed by atoms with van der Waals surface area (Å²) in [5.41, 5.74) is 6.63. The monoisotopic (exact) mass is 399 g/mol. The summed E-state index contributed by atoms with van der Waals surface area (Å²) in [6, 6.07) is 3.79. The molecule has 2 rings (SSSR count). The summed E-state index contributed by atoms with van der Waals surface area (Å²) >= 11 is 4.89. The van der Waals surface area contributed by atoms with E-state index in [-0.39, 0.29) is 11.8 Å². The number of amides is 1. The fourth-order valence-corrected chi connectivity index (χ4v) is 3.77. The number of thiophene rings is 1. The fraction of sp³-hybridized carbons (Fsp3) is 0.500. The molecule has 126 valence electrons. The van der Waals surface area contributed by atoms with E-state index in [2.05, 4.69) is 40.3 Å². The zero-order valence-corrected chi connectivity index (χ0v) is 15.8. The number of hydrogen-bond acceptors (Lipinski definition) is 5. The van der Waals surface area contributed by atoms with Crippen LogP contribution in [0.4, 0.5) is 5.88 Å². The van der Waals surface area contributed by atoms with Crippen molar-refractivity contribution in [3.8, 4) is 10.6 Å². The molecule has 3 N–H and O–H groups in total. The summed E-state index contributed by atoms with van der Waals surface area (Å²) in [6.45, 7) is 4.97. The molecule has 2 aromatic rings. The van der Waals surface area contributed by atoms with Gasteiger partial charge in [-0.05, 0) is 40.4 Å². The van der Waals surface area contributed by atoms with E-state index >= 15 is 0 Å². The highest BCUT2D eigenvalue weighted by molar-refractivity contribution is 9.11. The second-order valence-electron chi connectivity index (χ2n) is 5.50. The molecule has 23 heavy (non-hydrogen) atoms. The molecule has 0 aliphatic heterocycles. The molecule has 0 fully saturated rings. The maximum atomic E-state index is 12.5. The molecule has 2 heterocycles. The normalized spacial score (nSPS) is 12.3. The molecule has 0 aliphatic carbocycles. The van der Waals surface area contributed by atoms with Crippen LogP contribution < -0.4 is 11.1 Å². The van der Waals surface area contributed by atoms with Crippen molar-refractivity contribution in [2.75, 3.05) is 12.3 Å². The summed E-state index contributed by atoms with van der Waals surface area (Å²) in [6.07, 6.45) is 4.51. The third kappa shape index (κ3) is 4.57. The molecule has 2 aromatic heterocycles. The predicted molar refractivity (Wildman–Crippen MR) is 97.6 cm³/mol. The second-order valence-corrected chi connectivity index (χ2v) is 7.96. The number of anilines is 1. The number of nitrogen functional groups attached to an aromatic ring is 1. The van der Waals surface area contributed by atoms with Crippen LogP contribution in [-0.4, -0.2) is 17.6 Å². The number of rotatable bonds is 8. The first-order valence-electron chi connectivity index (χ1n) is 7.85. The molecule has 0 saturated carbocycles. The van der Waals surface area contributed by atoms with E-state index in [9.17, 15) is 4.79 Å². The SMILES string of the molecule is CCCCC(CC)CNC(=O)c1c(-c2ccc(Br)s2)noc1N. The quantitative estimate of drug-likeness (QED) is 0.673. The van der Waals surface area contributed by atoms with Crippen LogP contribution in [0.5, 0.6) is 0 Å². The minimum atomic E-state index is -0.224. The fourth-order valence-electron chi connectivity index (χ4n) is 2.40. The zero-order valence-electron chi connectivity index (χ0n) is 13.4. The van der Waals surface area contributed by atoms with Crippen LogP contribution in [0.2, 0.25) is 0 Å². The molecule has 0 saturated heterocycles. The van der Waals surface area contributed by atoms with Gasteiger partial charge in [0.15, 0.2) is 0 Å². The van der Waals surface area contributed by atoms with E-state index in [0.29, 0.717) is 23.7 Å². The molecular weight excluding hydrogens is 378 g/mol. The molecule has 0 spiro atoms. The molecule has 1 atom stereocenters. The molecule has 7 heteroatoms. The lowest BCUT2D eigenvalue weighted by molar-refractivity contribution is 0.0947. The third-order valence-corrected chi connectivity index (χ3v) is 5.48. The van der Waals surface area contributed by atoms with Gasteiger partial charge in [0.2, 0.25) is 5.88 Å². The van der Waals surface area contributed by atoms with Gasteiger partial charge >= 0.3 is 0 Å². The van der Waals surface area contributed by atoms with Crippen LogP contribution in [0.15, 0.2) is 20.4 Å². The Balaban J connectivity index is 2.09. The number of unbranched alkanes of at least 4 members (excludes halogenated alkanes) is 1. The number of nitrogens with one attached hydrogen (secondary N) is 1. The Hall–Kier alpha value is -1.34. The van der Waals surface area contributed by atoms with E-state index in [1.54, 1.807) is 0 Å². The third-order valence-electron chi connectivity index (χ3n) is 3.85. The van der Waals surface area contributed by atoms with Gasteiger partial charge in [-0.3, -0.25) is 4.79 Å². The Labute approximate surface area is 148 Å². The zero-order chi connectivity index (χ0) is 16.8. The molecule has 0 aromatic carbocycles. The Morgan fingerprint density at radius 1 is 1.48 bits per heavy atom. The van der Waals surface area contributed by atoms with Crippen molar-refractivity contribution >= 4 is 39.1 Å². The van der Waals surface area contributed by atoms with E-state index in [4.69, 9.17) is 10.3 Å². The van der Waals surface area contributed by atoms with Gasteiger partial charge in [-0.1, -0.05) is 38.3 Å². The van der Waals surface area contributed by atoms with Crippen LogP contribution in [0, 0.1) is 5.92 Å². The van der Waals surface area contributed by atoms with Gasteiger partial charge in [0.05, 0.1) is 8.66 Å². The minimum absolute atomic E-state index is 0.0589. The van der Waals surface area contributed by atoms with Crippen molar-refractivity contribution in [1.82, 2.24) is 10.5 Å². The van der Waals surface area contributed by atoms with Crippen molar-refractivity contribution in [3.05, 3.63) is 21.5 Å². The van der Waals surface area contributed by atoms with E-state index in [1.165, 1.54) is 24.2 Å². The first-order chi connectivity index (χ1) is 11.1. The molecule has 5 nitrogen and oxygen atoms in total. The Bertz CT molecular complexity index is 654. The number of carbonyl (C=O) groups excluding carboxylic acids is 1. The average molecular weight is 400 g/mol. The van der Waals surface area contributed by atoms with E-state index < -0.39 is 0 Å². The Morgan fingerprint density at radius 2 is 2.26 bits per heavy atom. The maximum absolute atomic E-state index is 12.5. The number of aromatic nitrogens is 1. The molecule has 1 unspecified atom stereocenters. The summed E-state index contributed by atoms with van der Waals surface area (Å²) < 4.78 is 6.00. The second kappa shape index (κ2) is 8.49. The van der Waals surface area contributed by atoms with Gasteiger partial charge in [-0.2, -0.15) is 0 Å². The van der Waals surface area contributed by atoms with Crippen molar-refractivity contribution in [1.29, 1.82) is 0 Å². The predicted octanol–water partition coefficient (Wildman–Crippen LogP) is 4.69. The first kappa shape index (κ1) is 18.0. The summed E-state index contributed by atoms with van der Waals surface area (Å²) in [5, 5.41) is 6.92. The largest absolute Gasteiger partial charge is 0.367 e. The highest BCUT2D eigenvalue weighted by Crippen LogP contribution is 2.34. The lowest BCUT2D eigenvalue weighted by Gasteiger charge is -2.15. The standard InChI is InChI=1S/C16H22BrN3O2S/c1-3-5-6-10(4-2)9-19-16(21)13-14(20-22-15(13)18)11-7-8-12(17)23-11/h7-8,10H,3-6,9,18H2,1-2H3,(H,19,21).